The van der Waals surface area contributed by atoms with Gasteiger partial charge in [-0.1, -0.05) is 36.4 Å². The molecular weight excluding hydrogens is 280 g/mol. The van der Waals surface area contributed by atoms with Crippen molar-refractivity contribution in [3.8, 4) is 0 Å². The molecule has 3 rings (SSSR count). The lowest BCUT2D eigenvalue weighted by Crippen LogP contribution is -2.40. The van der Waals surface area contributed by atoms with Crippen molar-refractivity contribution in [2.45, 2.75) is 13.3 Å². The zero-order valence-electron chi connectivity index (χ0n) is 12.3. The third-order valence-electron chi connectivity index (χ3n) is 3.81. The average molecular weight is 296 g/mol. The van der Waals surface area contributed by atoms with Gasteiger partial charge in [-0.25, -0.2) is 0 Å². The Labute approximate surface area is 128 Å². The topological polar surface area (TPSA) is 66.5 Å². The number of Topliss-reactive ketones (excluding diaryl/α,β-unsaturated/α-hetero) is 2. The molecule has 1 aliphatic carbocycles. The molecule has 1 amide bonds. The summed E-state index contributed by atoms with van der Waals surface area (Å²) in [5.74, 6) is -0.789. The van der Waals surface area contributed by atoms with Crippen LogP contribution in [-0.4, -0.2) is 35.5 Å². The van der Waals surface area contributed by atoms with Crippen molar-refractivity contribution in [3.05, 3.63) is 58.9 Å². The lowest BCUT2D eigenvalue weighted by Gasteiger charge is -2.28. The maximum Gasteiger partial charge on any atom is 0.224 e. The maximum atomic E-state index is 12.8. The van der Waals surface area contributed by atoms with Crippen LogP contribution in [0.25, 0.3) is 0 Å². The van der Waals surface area contributed by atoms with E-state index in [2.05, 4.69) is 5.32 Å². The summed E-state index contributed by atoms with van der Waals surface area (Å²) in [5.41, 5.74) is 1.11. The number of hydrogen-bond donors (Lipinski definition) is 1. The second-order valence-corrected chi connectivity index (χ2v) is 5.24. The smallest absolute Gasteiger partial charge is 0.224 e. The van der Waals surface area contributed by atoms with Gasteiger partial charge >= 0.3 is 0 Å². The van der Waals surface area contributed by atoms with Crippen LogP contribution in [0.3, 0.4) is 0 Å². The molecular formula is C17H16N2O3. The minimum absolute atomic E-state index is 0.155. The maximum absolute atomic E-state index is 12.8. The molecule has 0 spiro atoms. The fraction of sp³-hybridized carbons (Fsp3) is 0.235. The third-order valence-corrected chi connectivity index (χ3v) is 3.81. The van der Waals surface area contributed by atoms with Crippen LogP contribution in [-0.2, 0) is 4.79 Å². The van der Waals surface area contributed by atoms with Gasteiger partial charge in [-0.05, 0) is 6.42 Å². The molecule has 5 heteroatoms. The average Bonchev–Trinajstić information content (AvgIpc) is 2.62. The Bertz CT molecular complexity index is 731. The number of nitrogens with zero attached hydrogens (tertiary/aromatic N) is 1. The van der Waals surface area contributed by atoms with Crippen LogP contribution < -0.4 is 5.32 Å². The van der Waals surface area contributed by atoms with Crippen LogP contribution >= 0.6 is 0 Å². The van der Waals surface area contributed by atoms with Crippen LogP contribution in [0, 0.1) is 0 Å². The number of ketones is 2. The highest BCUT2D eigenvalue weighted by atomic mass is 16.2. The monoisotopic (exact) mass is 296 g/mol. The van der Waals surface area contributed by atoms with E-state index < -0.39 is 0 Å². The van der Waals surface area contributed by atoms with E-state index in [1.54, 1.807) is 24.3 Å². The Balaban J connectivity index is 2.20. The van der Waals surface area contributed by atoms with E-state index in [1.165, 1.54) is 11.8 Å². The second kappa shape index (κ2) is 5.60. The van der Waals surface area contributed by atoms with Gasteiger partial charge in [-0.3, -0.25) is 14.4 Å². The van der Waals surface area contributed by atoms with E-state index >= 15 is 0 Å². The van der Waals surface area contributed by atoms with E-state index in [0.717, 1.165) is 6.42 Å². The highest BCUT2D eigenvalue weighted by molar-refractivity contribution is 6.27. The zero-order valence-corrected chi connectivity index (χ0v) is 12.3. The number of carbonyl (C=O) groups excluding carboxylic acids is 3. The van der Waals surface area contributed by atoms with Crippen molar-refractivity contribution in [3.63, 3.8) is 0 Å². The van der Waals surface area contributed by atoms with Gasteiger partial charge in [0.2, 0.25) is 17.5 Å². The Morgan fingerprint density at radius 1 is 1.09 bits per heavy atom. The summed E-state index contributed by atoms with van der Waals surface area (Å²) in [4.78, 5) is 38.9. The molecule has 0 bridgehead atoms. The van der Waals surface area contributed by atoms with Crippen LogP contribution in [0.15, 0.2) is 47.8 Å². The minimum atomic E-state index is -0.289. The van der Waals surface area contributed by atoms with Crippen molar-refractivity contribution in [2.75, 3.05) is 13.1 Å². The fourth-order valence-electron chi connectivity index (χ4n) is 2.74. The molecule has 5 nitrogen and oxygen atoms in total. The quantitative estimate of drug-likeness (QED) is 0.740. The number of allylic oxidation sites excluding steroid dienone is 2. The summed E-state index contributed by atoms with van der Waals surface area (Å²) in [6, 6.07) is 6.72. The zero-order chi connectivity index (χ0) is 15.7. The lowest BCUT2D eigenvalue weighted by atomic mass is 9.89. The Morgan fingerprint density at radius 3 is 2.45 bits per heavy atom. The van der Waals surface area contributed by atoms with Crippen molar-refractivity contribution >= 4 is 17.5 Å². The molecule has 1 aromatic rings. The summed E-state index contributed by atoms with van der Waals surface area (Å²) in [7, 11) is 0. The molecule has 0 saturated heterocycles. The largest absolute Gasteiger partial charge is 0.380 e. The molecule has 0 atom stereocenters. The van der Waals surface area contributed by atoms with Crippen LogP contribution in [0.5, 0.6) is 0 Å². The van der Waals surface area contributed by atoms with Crippen LogP contribution in [0.4, 0.5) is 0 Å². The molecule has 22 heavy (non-hydrogen) atoms. The standard InChI is InChI=1S/C17H16N2O3/c1-11(20)19-10-6-2-5-9-18-14-15(19)17(22)13-8-4-3-7-12(13)16(14)21/h2-4,6-8,18H,5,9-10H2,1H3/b6-2-. The number of hydrogen-bond acceptors (Lipinski definition) is 4. The molecule has 1 heterocycles. The highest BCUT2D eigenvalue weighted by Crippen LogP contribution is 2.27. The van der Waals surface area contributed by atoms with Crippen molar-refractivity contribution in [2.24, 2.45) is 0 Å². The van der Waals surface area contributed by atoms with Crippen molar-refractivity contribution in [1.29, 1.82) is 0 Å². The predicted octanol–water partition coefficient (Wildman–Crippen LogP) is 1.68. The molecule has 0 fully saturated rings. The first-order chi connectivity index (χ1) is 10.6. The van der Waals surface area contributed by atoms with Gasteiger partial charge in [0.1, 0.15) is 11.4 Å². The number of rotatable bonds is 0. The number of carbonyl (C=O) groups is 3. The normalized spacial score (nSPS) is 19.4. The fourth-order valence-corrected chi connectivity index (χ4v) is 2.74. The first kappa shape index (κ1) is 14.3. The number of fused-ring (bicyclic) bond motifs is 1. The predicted molar refractivity (Wildman–Crippen MR) is 81.3 cm³/mol. The summed E-state index contributed by atoms with van der Waals surface area (Å²) in [6.45, 7) is 2.23. The van der Waals surface area contributed by atoms with Gasteiger partial charge in [0.05, 0.1) is 0 Å². The Kier molecular flexibility index (Phi) is 3.63. The number of nitrogens with one attached hydrogen (secondary N) is 1. The molecule has 0 radical (unpaired) electrons. The van der Waals surface area contributed by atoms with Gasteiger partial charge in [0, 0.05) is 31.1 Å². The molecule has 1 N–H and O–H groups in total. The summed E-state index contributed by atoms with van der Waals surface area (Å²) >= 11 is 0. The Morgan fingerprint density at radius 2 is 1.77 bits per heavy atom. The lowest BCUT2D eigenvalue weighted by molar-refractivity contribution is -0.126. The molecule has 0 aromatic heterocycles. The molecule has 1 aromatic carbocycles. The van der Waals surface area contributed by atoms with Gasteiger partial charge in [0.15, 0.2) is 0 Å². The van der Waals surface area contributed by atoms with E-state index in [1.807, 2.05) is 12.2 Å². The number of benzene rings is 1. The van der Waals surface area contributed by atoms with Gasteiger partial charge in [-0.2, -0.15) is 0 Å². The van der Waals surface area contributed by atoms with Crippen molar-refractivity contribution < 1.29 is 14.4 Å². The third kappa shape index (κ3) is 2.24. The molecule has 112 valence electrons. The summed E-state index contributed by atoms with van der Waals surface area (Å²) < 4.78 is 0. The van der Waals surface area contributed by atoms with Gasteiger partial charge in [0.25, 0.3) is 0 Å². The first-order valence-corrected chi connectivity index (χ1v) is 7.21. The summed E-state index contributed by atoms with van der Waals surface area (Å²) in [6.07, 6.45) is 4.51. The van der Waals surface area contributed by atoms with Gasteiger partial charge < -0.3 is 10.2 Å². The number of amides is 1. The van der Waals surface area contributed by atoms with Gasteiger partial charge in [-0.15, -0.1) is 0 Å². The van der Waals surface area contributed by atoms with E-state index in [4.69, 9.17) is 0 Å². The van der Waals surface area contributed by atoms with E-state index in [0.29, 0.717) is 17.7 Å². The van der Waals surface area contributed by atoms with Crippen molar-refractivity contribution in [1.82, 2.24) is 10.2 Å². The molecule has 1 aliphatic heterocycles. The SMILES string of the molecule is CC(=O)N1C/C=C\CCNC2=C1C(=O)c1ccccc1C2=O. The Hall–Kier alpha value is -2.69. The van der Waals surface area contributed by atoms with E-state index in [9.17, 15) is 14.4 Å². The highest BCUT2D eigenvalue weighted by Gasteiger charge is 2.36. The first-order valence-electron chi connectivity index (χ1n) is 7.21. The molecule has 0 unspecified atom stereocenters. The van der Waals surface area contributed by atoms with E-state index in [-0.39, 0.29) is 35.4 Å². The summed E-state index contributed by atoms with van der Waals surface area (Å²) in [5, 5.41) is 3.03. The minimum Gasteiger partial charge on any atom is -0.380 e. The van der Waals surface area contributed by atoms with Crippen LogP contribution in [0.1, 0.15) is 34.1 Å². The van der Waals surface area contributed by atoms with Crippen LogP contribution in [0.2, 0.25) is 0 Å². The second-order valence-electron chi connectivity index (χ2n) is 5.24. The molecule has 0 saturated carbocycles. The molecule has 2 aliphatic rings.